The molecule has 9 nitrogen and oxygen atoms in total. The van der Waals surface area contributed by atoms with Gasteiger partial charge in [-0.1, -0.05) is 29.3 Å². The highest BCUT2D eigenvalue weighted by molar-refractivity contribution is 6.36. The Balaban J connectivity index is 1.85. The minimum Gasteiger partial charge on any atom is -0.508 e. The topological polar surface area (TPSA) is 106 Å². The minimum absolute atomic E-state index is 0.125. The van der Waals surface area contributed by atoms with E-state index in [0.29, 0.717) is 15.6 Å². The number of imidazole rings is 1. The highest BCUT2D eigenvalue weighted by Gasteiger charge is 2.20. The third-order valence-electron chi connectivity index (χ3n) is 5.00. The first-order chi connectivity index (χ1) is 15.3. The molecule has 0 aliphatic carbocycles. The first-order valence-corrected chi connectivity index (χ1v) is 10.2. The van der Waals surface area contributed by atoms with E-state index in [-0.39, 0.29) is 29.4 Å². The molecule has 0 saturated heterocycles. The zero-order chi connectivity index (χ0) is 23.0. The van der Waals surface area contributed by atoms with Crippen molar-refractivity contribution in [1.29, 1.82) is 0 Å². The third-order valence-corrected chi connectivity index (χ3v) is 5.71. The summed E-state index contributed by atoms with van der Waals surface area (Å²) in [6, 6.07) is 11.6. The van der Waals surface area contributed by atoms with Crippen molar-refractivity contribution in [2.45, 2.75) is 6.54 Å². The second-order valence-corrected chi connectivity index (χ2v) is 7.88. The zero-order valence-electron chi connectivity index (χ0n) is 17.1. The molecular weight excluding hydrogens is 455 g/mol. The summed E-state index contributed by atoms with van der Waals surface area (Å²) < 4.78 is 3.88. The Morgan fingerprint density at radius 1 is 1.06 bits per heavy atom. The molecule has 2 aromatic carbocycles. The molecule has 2 aromatic heterocycles. The number of hydrogen-bond donors (Lipinski definition) is 2. The lowest BCUT2D eigenvalue weighted by Gasteiger charge is -2.12. The molecule has 0 spiro atoms. The number of rotatable bonds is 5. The van der Waals surface area contributed by atoms with E-state index < -0.39 is 11.2 Å². The lowest BCUT2D eigenvalue weighted by Crippen LogP contribution is -2.37. The van der Waals surface area contributed by atoms with Gasteiger partial charge in [-0.15, -0.1) is 0 Å². The van der Waals surface area contributed by atoms with Gasteiger partial charge in [0.1, 0.15) is 5.75 Å². The van der Waals surface area contributed by atoms with Gasteiger partial charge in [-0.05, 0) is 42.0 Å². The average Bonchev–Trinajstić information content (AvgIpc) is 3.13. The number of nitrogens with one attached hydrogen (secondary N) is 1. The van der Waals surface area contributed by atoms with Crippen molar-refractivity contribution in [3.8, 4) is 5.75 Å². The summed E-state index contributed by atoms with van der Waals surface area (Å²) in [5.41, 5.74) is 3.55. The van der Waals surface area contributed by atoms with Gasteiger partial charge >= 0.3 is 5.69 Å². The van der Waals surface area contributed by atoms with Gasteiger partial charge in [0.15, 0.2) is 11.2 Å². The van der Waals surface area contributed by atoms with Crippen LogP contribution in [0.1, 0.15) is 11.1 Å². The fourth-order valence-electron chi connectivity index (χ4n) is 3.25. The summed E-state index contributed by atoms with van der Waals surface area (Å²) in [6.07, 6.45) is 1.53. The quantitative estimate of drug-likeness (QED) is 0.343. The van der Waals surface area contributed by atoms with Crippen molar-refractivity contribution in [2.24, 2.45) is 19.2 Å². The van der Waals surface area contributed by atoms with Crippen LogP contribution in [0, 0.1) is 0 Å². The van der Waals surface area contributed by atoms with Crippen LogP contribution in [-0.2, 0) is 20.6 Å². The maximum Gasteiger partial charge on any atom is 0.332 e. The number of fused-ring (bicyclic) bond motifs is 1. The molecule has 0 amide bonds. The second kappa shape index (κ2) is 8.52. The van der Waals surface area contributed by atoms with Crippen LogP contribution in [0.2, 0.25) is 10.0 Å². The van der Waals surface area contributed by atoms with E-state index in [4.69, 9.17) is 23.2 Å². The number of hydrazone groups is 1. The molecule has 0 aliphatic heterocycles. The lowest BCUT2D eigenvalue weighted by molar-refractivity contribution is 0.475. The summed E-state index contributed by atoms with van der Waals surface area (Å²) in [7, 11) is 2.94. The Morgan fingerprint density at radius 3 is 2.38 bits per heavy atom. The molecule has 0 saturated carbocycles. The zero-order valence-corrected chi connectivity index (χ0v) is 18.6. The third kappa shape index (κ3) is 3.88. The van der Waals surface area contributed by atoms with Crippen LogP contribution in [-0.4, -0.2) is 30.0 Å². The second-order valence-electron chi connectivity index (χ2n) is 7.06. The van der Waals surface area contributed by atoms with Gasteiger partial charge < -0.3 is 5.11 Å². The molecule has 0 aliphatic rings. The van der Waals surface area contributed by atoms with Crippen molar-refractivity contribution in [1.82, 2.24) is 18.7 Å². The Hall–Kier alpha value is -3.56. The van der Waals surface area contributed by atoms with Crippen molar-refractivity contribution in [3.63, 3.8) is 0 Å². The molecule has 0 bridgehead atoms. The number of aromatic hydroxyl groups is 1. The highest BCUT2D eigenvalue weighted by atomic mass is 35.5. The van der Waals surface area contributed by atoms with E-state index in [2.05, 4.69) is 15.5 Å². The standard InChI is InChI=1S/C21H18Cl2N6O3/c1-27-18-17(19(31)28(2)21(27)32)29(11-14-15(22)4-3-5-16(14)23)20(25-18)26-24-10-12-6-8-13(30)9-7-12/h3-10,30H,11H2,1-2H3,(H,25,26). The Bertz CT molecular complexity index is 1450. The fraction of sp³-hybridized carbons (Fsp3) is 0.143. The molecule has 164 valence electrons. The van der Waals surface area contributed by atoms with Crippen molar-refractivity contribution >= 4 is 46.5 Å². The van der Waals surface area contributed by atoms with Crippen LogP contribution >= 0.6 is 23.2 Å². The molecule has 0 radical (unpaired) electrons. The van der Waals surface area contributed by atoms with E-state index in [1.54, 1.807) is 34.9 Å². The number of benzene rings is 2. The Kier molecular flexibility index (Phi) is 5.77. The van der Waals surface area contributed by atoms with Gasteiger partial charge in [0.25, 0.3) is 5.56 Å². The normalized spacial score (nSPS) is 11.5. The van der Waals surface area contributed by atoms with Crippen molar-refractivity contribution < 1.29 is 5.11 Å². The highest BCUT2D eigenvalue weighted by Crippen LogP contribution is 2.27. The number of anilines is 1. The number of phenolic OH excluding ortho intramolecular Hbond substituents is 1. The number of hydrogen-bond acceptors (Lipinski definition) is 6. The van der Waals surface area contributed by atoms with E-state index >= 15 is 0 Å². The van der Waals surface area contributed by atoms with Gasteiger partial charge in [0.2, 0.25) is 5.95 Å². The van der Waals surface area contributed by atoms with Crippen LogP contribution in [0.4, 0.5) is 5.95 Å². The van der Waals surface area contributed by atoms with Gasteiger partial charge in [-0.25, -0.2) is 10.2 Å². The number of nitrogens with zero attached hydrogens (tertiary/aromatic N) is 5. The predicted octanol–water partition coefficient (Wildman–Crippen LogP) is 2.94. The summed E-state index contributed by atoms with van der Waals surface area (Å²) in [5, 5.41) is 14.5. The number of aromatic nitrogens is 4. The maximum atomic E-state index is 13.0. The Labute approximate surface area is 191 Å². The monoisotopic (exact) mass is 472 g/mol. The van der Waals surface area contributed by atoms with E-state index in [1.165, 1.54) is 37.0 Å². The first-order valence-electron chi connectivity index (χ1n) is 9.45. The summed E-state index contributed by atoms with van der Waals surface area (Å²) >= 11 is 12.7. The van der Waals surface area contributed by atoms with Crippen LogP contribution in [0.5, 0.6) is 5.75 Å². The summed E-state index contributed by atoms with van der Waals surface area (Å²) in [6.45, 7) is 0.125. The average molecular weight is 473 g/mol. The molecular formula is C21H18Cl2N6O3. The number of phenols is 1. The fourth-order valence-corrected chi connectivity index (χ4v) is 3.77. The van der Waals surface area contributed by atoms with Crippen LogP contribution in [0.3, 0.4) is 0 Å². The van der Waals surface area contributed by atoms with Crippen LogP contribution < -0.4 is 16.7 Å². The molecule has 32 heavy (non-hydrogen) atoms. The predicted molar refractivity (Wildman–Crippen MR) is 125 cm³/mol. The van der Waals surface area contributed by atoms with Gasteiger partial charge in [-0.2, -0.15) is 10.1 Å². The maximum absolute atomic E-state index is 13.0. The molecule has 0 atom stereocenters. The van der Waals surface area contributed by atoms with E-state index in [1.807, 2.05) is 0 Å². The molecule has 2 heterocycles. The van der Waals surface area contributed by atoms with Gasteiger partial charge in [0, 0.05) is 29.7 Å². The largest absolute Gasteiger partial charge is 0.508 e. The molecule has 4 aromatic rings. The summed E-state index contributed by atoms with van der Waals surface area (Å²) in [4.78, 5) is 29.8. The van der Waals surface area contributed by atoms with Gasteiger partial charge in [-0.3, -0.25) is 18.5 Å². The van der Waals surface area contributed by atoms with E-state index in [9.17, 15) is 14.7 Å². The van der Waals surface area contributed by atoms with Gasteiger partial charge in [0.05, 0.1) is 12.8 Å². The SMILES string of the molecule is Cn1c(=O)c2c(nc(NN=Cc3ccc(O)cc3)n2Cc2c(Cl)cccc2Cl)n(C)c1=O. The molecule has 11 heteroatoms. The molecule has 2 N–H and O–H groups in total. The molecule has 0 unspecified atom stereocenters. The molecule has 4 rings (SSSR count). The summed E-state index contributed by atoms with van der Waals surface area (Å²) in [5.74, 6) is 0.370. The molecule has 0 fully saturated rings. The lowest BCUT2D eigenvalue weighted by atomic mass is 10.2. The number of halogens is 2. The van der Waals surface area contributed by atoms with Crippen LogP contribution in [0.15, 0.2) is 57.2 Å². The van der Waals surface area contributed by atoms with Crippen LogP contribution in [0.25, 0.3) is 11.2 Å². The number of aryl methyl sites for hydroxylation is 1. The first kappa shape index (κ1) is 21.7. The van der Waals surface area contributed by atoms with E-state index in [0.717, 1.165) is 10.1 Å². The Morgan fingerprint density at radius 2 is 1.72 bits per heavy atom. The van der Waals surface area contributed by atoms with Crippen molar-refractivity contribution in [3.05, 3.63) is 84.5 Å². The smallest absolute Gasteiger partial charge is 0.332 e. The minimum atomic E-state index is -0.505. The van der Waals surface area contributed by atoms with Crippen molar-refractivity contribution in [2.75, 3.05) is 5.43 Å².